The summed E-state index contributed by atoms with van der Waals surface area (Å²) in [4.78, 5) is 27.2. The molecule has 0 unspecified atom stereocenters. The smallest absolute Gasteiger partial charge is 0.317 e. The number of rotatable bonds is 2. The Hall–Kier alpha value is -2.08. The van der Waals surface area contributed by atoms with E-state index in [0.717, 1.165) is 31.2 Å². The van der Waals surface area contributed by atoms with Crippen LogP contribution in [0.25, 0.3) is 0 Å². The summed E-state index contributed by atoms with van der Waals surface area (Å²) < 4.78 is 5.53. The molecule has 2 atom stereocenters. The summed E-state index contributed by atoms with van der Waals surface area (Å²) in [5.41, 5.74) is 2.28. The summed E-state index contributed by atoms with van der Waals surface area (Å²) in [6.07, 6.45) is 3.51. The first-order chi connectivity index (χ1) is 12.6. The van der Waals surface area contributed by atoms with Gasteiger partial charge in [-0.15, -0.1) is 0 Å². The predicted octanol–water partition coefficient (Wildman–Crippen LogP) is 2.21. The van der Waals surface area contributed by atoms with Gasteiger partial charge in [0.1, 0.15) is 0 Å². The van der Waals surface area contributed by atoms with Crippen molar-refractivity contribution in [2.45, 2.75) is 45.2 Å². The number of carbonyl (C=O) groups excluding carboxylic acids is 2. The highest BCUT2D eigenvalue weighted by molar-refractivity contribution is 5.81. The molecule has 142 valence electrons. The van der Waals surface area contributed by atoms with E-state index in [-0.39, 0.29) is 23.9 Å². The van der Waals surface area contributed by atoms with E-state index in [9.17, 15) is 9.59 Å². The molecule has 0 bridgehead atoms. The standard InChI is InChI=1S/C20H29N3O3/c1-15-6-8-16(9-7-15)14-22-20(25)23-11-3-12-26-13-10-21-19(24)17-4-2-5-18(17)23/h6-9,17-18H,2-5,10-14H2,1H3,(H,21,24)(H,22,25)/t17-,18+/m1/s1. The Labute approximate surface area is 155 Å². The molecule has 3 amide bonds. The largest absolute Gasteiger partial charge is 0.380 e. The van der Waals surface area contributed by atoms with Crippen molar-refractivity contribution in [3.05, 3.63) is 35.4 Å². The minimum absolute atomic E-state index is 0.0221. The van der Waals surface area contributed by atoms with E-state index in [2.05, 4.69) is 10.6 Å². The third kappa shape index (κ3) is 4.75. The highest BCUT2D eigenvalue weighted by Crippen LogP contribution is 2.30. The summed E-state index contributed by atoms with van der Waals surface area (Å²) >= 11 is 0. The van der Waals surface area contributed by atoms with E-state index < -0.39 is 0 Å². The highest BCUT2D eigenvalue weighted by Gasteiger charge is 2.38. The monoisotopic (exact) mass is 359 g/mol. The molecule has 3 rings (SSSR count). The molecule has 2 aliphatic rings. The Morgan fingerprint density at radius 1 is 1.23 bits per heavy atom. The van der Waals surface area contributed by atoms with Crippen molar-refractivity contribution >= 4 is 11.9 Å². The van der Waals surface area contributed by atoms with E-state index in [1.165, 1.54) is 5.56 Å². The van der Waals surface area contributed by atoms with Crippen LogP contribution in [0.15, 0.2) is 24.3 Å². The Balaban J connectivity index is 1.67. The van der Waals surface area contributed by atoms with Gasteiger partial charge in [0.05, 0.1) is 12.5 Å². The van der Waals surface area contributed by atoms with Gasteiger partial charge in [-0.3, -0.25) is 4.79 Å². The lowest BCUT2D eigenvalue weighted by atomic mass is 10.0. The van der Waals surface area contributed by atoms with E-state index in [4.69, 9.17) is 4.74 Å². The van der Waals surface area contributed by atoms with Crippen LogP contribution in [-0.4, -0.2) is 49.2 Å². The van der Waals surface area contributed by atoms with Gasteiger partial charge in [0.25, 0.3) is 0 Å². The summed E-state index contributed by atoms with van der Waals surface area (Å²) in [6, 6.07) is 8.04. The lowest BCUT2D eigenvalue weighted by Crippen LogP contribution is -2.50. The molecule has 6 nitrogen and oxygen atoms in total. The first-order valence-corrected chi connectivity index (χ1v) is 9.60. The second-order valence-corrected chi connectivity index (χ2v) is 7.20. The van der Waals surface area contributed by atoms with Crippen molar-refractivity contribution < 1.29 is 14.3 Å². The number of urea groups is 1. The zero-order chi connectivity index (χ0) is 18.4. The average molecular weight is 359 g/mol. The van der Waals surface area contributed by atoms with Gasteiger partial charge in [-0.1, -0.05) is 36.2 Å². The maximum Gasteiger partial charge on any atom is 0.317 e. The zero-order valence-electron chi connectivity index (χ0n) is 15.5. The van der Waals surface area contributed by atoms with Crippen molar-refractivity contribution in [2.75, 3.05) is 26.3 Å². The topological polar surface area (TPSA) is 70.7 Å². The molecule has 1 saturated heterocycles. The van der Waals surface area contributed by atoms with Gasteiger partial charge in [-0.05, 0) is 31.7 Å². The first kappa shape index (κ1) is 18.7. The molecule has 1 saturated carbocycles. The third-order valence-electron chi connectivity index (χ3n) is 5.28. The summed E-state index contributed by atoms with van der Waals surface area (Å²) in [7, 11) is 0. The minimum atomic E-state index is -0.113. The van der Waals surface area contributed by atoms with Gasteiger partial charge in [0.15, 0.2) is 0 Å². The van der Waals surface area contributed by atoms with Crippen LogP contribution in [0.1, 0.15) is 36.8 Å². The molecule has 0 spiro atoms. The number of ether oxygens (including phenoxy) is 1. The number of fused-ring (bicyclic) bond motifs is 1. The number of nitrogens with one attached hydrogen (secondary N) is 2. The Morgan fingerprint density at radius 2 is 2.04 bits per heavy atom. The molecular weight excluding hydrogens is 330 g/mol. The molecule has 2 fully saturated rings. The number of aryl methyl sites for hydroxylation is 1. The van der Waals surface area contributed by atoms with Crippen LogP contribution in [0.5, 0.6) is 0 Å². The number of hydrogen-bond acceptors (Lipinski definition) is 3. The predicted molar refractivity (Wildman–Crippen MR) is 99.7 cm³/mol. The van der Waals surface area contributed by atoms with Crippen molar-refractivity contribution in [2.24, 2.45) is 5.92 Å². The average Bonchev–Trinajstić information content (AvgIpc) is 3.11. The highest BCUT2D eigenvalue weighted by atomic mass is 16.5. The Bertz CT molecular complexity index is 617. The van der Waals surface area contributed by atoms with Crippen molar-refractivity contribution in [3.8, 4) is 0 Å². The van der Waals surface area contributed by atoms with Crippen LogP contribution >= 0.6 is 0 Å². The number of amides is 3. The molecular formula is C20H29N3O3. The van der Waals surface area contributed by atoms with Crippen molar-refractivity contribution in [1.82, 2.24) is 15.5 Å². The van der Waals surface area contributed by atoms with Crippen molar-refractivity contribution in [1.29, 1.82) is 0 Å². The van der Waals surface area contributed by atoms with Crippen LogP contribution in [-0.2, 0) is 16.1 Å². The van der Waals surface area contributed by atoms with Crippen LogP contribution in [0.2, 0.25) is 0 Å². The van der Waals surface area contributed by atoms with Crippen LogP contribution in [0.4, 0.5) is 4.79 Å². The maximum absolute atomic E-state index is 12.9. The maximum atomic E-state index is 12.9. The Kier molecular flexibility index (Phi) is 6.50. The summed E-state index contributed by atoms with van der Waals surface area (Å²) in [5, 5.41) is 5.98. The zero-order valence-corrected chi connectivity index (χ0v) is 15.5. The fourth-order valence-electron chi connectivity index (χ4n) is 3.84. The molecule has 26 heavy (non-hydrogen) atoms. The van der Waals surface area contributed by atoms with Gasteiger partial charge in [0.2, 0.25) is 5.91 Å². The normalized spacial score (nSPS) is 24.3. The van der Waals surface area contributed by atoms with E-state index in [0.29, 0.717) is 32.8 Å². The molecule has 2 N–H and O–H groups in total. The van der Waals surface area contributed by atoms with Gasteiger partial charge < -0.3 is 20.3 Å². The molecule has 1 aromatic rings. The number of nitrogens with zero attached hydrogens (tertiary/aromatic N) is 1. The first-order valence-electron chi connectivity index (χ1n) is 9.60. The van der Waals surface area contributed by atoms with Crippen LogP contribution < -0.4 is 10.6 Å². The van der Waals surface area contributed by atoms with Crippen LogP contribution in [0.3, 0.4) is 0 Å². The SMILES string of the molecule is Cc1ccc(CNC(=O)N2CCCOCCNC(=O)[C@@H]3CCC[C@@H]32)cc1. The van der Waals surface area contributed by atoms with Gasteiger partial charge in [-0.2, -0.15) is 0 Å². The van der Waals surface area contributed by atoms with Gasteiger partial charge in [0, 0.05) is 32.3 Å². The second kappa shape index (κ2) is 9.03. The Morgan fingerprint density at radius 3 is 2.85 bits per heavy atom. The molecule has 1 aliphatic carbocycles. The molecule has 0 aromatic heterocycles. The molecule has 1 aromatic carbocycles. The van der Waals surface area contributed by atoms with Crippen molar-refractivity contribution in [3.63, 3.8) is 0 Å². The number of carbonyl (C=O) groups is 2. The number of hydrogen-bond donors (Lipinski definition) is 2. The minimum Gasteiger partial charge on any atom is -0.380 e. The third-order valence-corrected chi connectivity index (χ3v) is 5.28. The molecule has 1 aliphatic heterocycles. The van der Waals surface area contributed by atoms with Gasteiger partial charge >= 0.3 is 6.03 Å². The van der Waals surface area contributed by atoms with E-state index in [1.54, 1.807) is 0 Å². The number of benzene rings is 1. The fourth-order valence-corrected chi connectivity index (χ4v) is 3.84. The summed E-state index contributed by atoms with van der Waals surface area (Å²) in [6.45, 7) is 4.84. The lowest BCUT2D eigenvalue weighted by Gasteiger charge is -2.32. The fraction of sp³-hybridized carbons (Fsp3) is 0.600. The molecule has 6 heteroatoms. The molecule has 1 heterocycles. The quantitative estimate of drug-likeness (QED) is 0.850. The summed E-state index contributed by atoms with van der Waals surface area (Å²) in [5.74, 6) is -0.0624. The van der Waals surface area contributed by atoms with E-state index >= 15 is 0 Å². The second-order valence-electron chi connectivity index (χ2n) is 7.20. The van der Waals surface area contributed by atoms with Crippen LogP contribution in [0, 0.1) is 12.8 Å². The van der Waals surface area contributed by atoms with E-state index in [1.807, 2.05) is 36.1 Å². The van der Waals surface area contributed by atoms with Gasteiger partial charge in [-0.25, -0.2) is 4.79 Å². The lowest BCUT2D eigenvalue weighted by molar-refractivity contribution is -0.126. The molecule has 0 radical (unpaired) electrons.